The highest BCUT2D eigenvalue weighted by Crippen LogP contribution is 2.17. The summed E-state index contributed by atoms with van der Waals surface area (Å²) in [6.07, 6.45) is 1.51. The molecule has 1 aromatic rings. The largest absolute Gasteiger partial charge is 0.481 e. The highest BCUT2D eigenvalue weighted by Gasteiger charge is 2.32. The number of nitrogens with zero attached hydrogens (tertiary/aromatic N) is 1. The number of carboxylic acids is 1. The van der Waals surface area contributed by atoms with E-state index >= 15 is 0 Å². The van der Waals surface area contributed by atoms with Crippen molar-refractivity contribution in [2.24, 2.45) is 5.92 Å². The van der Waals surface area contributed by atoms with E-state index in [1.54, 1.807) is 0 Å². The van der Waals surface area contributed by atoms with Crippen LogP contribution in [0.5, 0.6) is 0 Å². The van der Waals surface area contributed by atoms with E-state index in [1.165, 1.54) is 4.90 Å². The number of aryl methyl sites for hydroxylation is 1. The van der Waals surface area contributed by atoms with Gasteiger partial charge in [0.25, 0.3) is 0 Å². The molecule has 1 aromatic carbocycles. The third kappa shape index (κ3) is 5.35. The van der Waals surface area contributed by atoms with Crippen LogP contribution in [0.1, 0.15) is 18.4 Å². The first-order valence-corrected chi connectivity index (χ1v) is 9.44. The third-order valence-electron chi connectivity index (χ3n) is 4.00. The van der Waals surface area contributed by atoms with Crippen LogP contribution >= 0.6 is 0 Å². The molecule has 126 valence electrons. The Morgan fingerprint density at radius 2 is 1.91 bits per heavy atom. The average molecular weight is 339 g/mol. The molecule has 1 N–H and O–H groups in total. The number of benzene rings is 1. The molecule has 1 atom stereocenters. The number of carboxylic acid groups (broad SMARTS) is 1. The summed E-state index contributed by atoms with van der Waals surface area (Å²) in [6.45, 7) is 0.420. The molecule has 0 bridgehead atoms. The topological polar surface area (TPSA) is 91.8 Å². The lowest BCUT2D eigenvalue weighted by Crippen LogP contribution is -2.35. The fourth-order valence-corrected chi connectivity index (χ4v) is 3.97. The zero-order chi connectivity index (χ0) is 16.9. The van der Waals surface area contributed by atoms with E-state index in [1.807, 2.05) is 30.3 Å². The molecule has 0 aliphatic carbocycles. The quantitative estimate of drug-likeness (QED) is 0.799. The number of sulfone groups is 1. The van der Waals surface area contributed by atoms with Gasteiger partial charge in [0.05, 0.1) is 11.7 Å². The molecule has 1 amide bonds. The Bertz CT molecular complexity index is 656. The van der Waals surface area contributed by atoms with Crippen molar-refractivity contribution in [3.63, 3.8) is 0 Å². The van der Waals surface area contributed by atoms with Crippen LogP contribution in [0.25, 0.3) is 0 Å². The van der Waals surface area contributed by atoms with Crippen LogP contribution in [0, 0.1) is 5.92 Å². The van der Waals surface area contributed by atoms with Gasteiger partial charge >= 0.3 is 5.97 Å². The van der Waals surface area contributed by atoms with Crippen LogP contribution < -0.4 is 0 Å². The SMILES string of the molecule is O=C(O)C1CCN(C(=O)CS(=O)(=O)CCCc2ccccc2)C1. The fraction of sp³-hybridized carbons (Fsp3) is 0.500. The molecule has 1 unspecified atom stereocenters. The maximum Gasteiger partial charge on any atom is 0.308 e. The molecule has 7 heteroatoms. The number of rotatable bonds is 7. The molecule has 0 spiro atoms. The fourth-order valence-electron chi connectivity index (χ4n) is 2.68. The lowest BCUT2D eigenvalue weighted by molar-refractivity contribution is -0.141. The molecule has 0 radical (unpaired) electrons. The molecule has 1 saturated heterocycles. The maximum absolute atomic E-state index is 12.0. The van der Waals surface area contributed by atoms with Gasteiger partial charge in [-0.1, -0.05) is 30.3 Å². The van der Waals surface area contributed by atoms with Gasteiger partial charge in [0.2, 0.25) is 5.91 Å². The molecule has 23 heavy (non-hydrogen) atoms. The first kappa shape index (κ1) is 17.5. The van der Waals surface area contributed by atoms with E-state index in [0.717, 1.165) is 5.56 Å². The highest BCUT2D eigenvalue weighted by molar-refractivity contribution is 7.92. The van der Waals surface area contributed by atoms with E-state index in [-0.39, 0.29) is 12.3 Å². The smallest absolute Gasteiger partial charge is 0.308 e. The van der Waals surface area contributed by atoms with E-state index in [4.69, 9.17) is 5.11 Å². The maximum atomic E-state index is 12.0. The normalized spacial score (nSPS) is 18.1. The van der Waals surface area contributed by atoms with E-state index in [9.17, 15) is 18.0 Å². The number of hydrogen-bond acceptors (Lipinski definition) is 4. The molecule has 0 saturated carbocycles. The highest BCUT2D eigenvalue weighted by atomic mass is 32.2. The molecule has 1 fully saturated rings. The van der Waals surface area contributed by atoms with Crippen molar-refractivity contribution in [2.45, 2.75) is 19.3 Å². The summed E-state index contributed by atoms with van der Waals surface area (Å²) in [5, 5.41) is 8.91. The molecule has 1 heterocycles. The number of hydrogen-bond donors (Lipinski definition) is 1. The first-order valence-electron chi connectivity index (χ1n) is 7.62. The Morgan fingerprint density at radius 3 is 2.52 bits per heavy atom. The monoisotopic (exact) mass is 339 g/mol. The molecule has 6 nitrogen and oxygen atoms in total. The standard InChI is InChI=1S/C16H21NO5S/c18-15(17-9-8-14(11-17)16(19)20)12-23(21,22)10-4-7-13-5-2-1-3-6-13/h1-3,5-6,14H,4,7-12H2,(H,19,20). The Labute approximate surface area is 136 Å². The number of amides is 1. The second-order valence-electron chi connectivity index (χ2n) is 5.84. The van der Waals surface area contributed by atoms with Gasteiger partial charge in [-0.2, -0.15) is 0 Å². The molecule has 1 aliphatic rings. The number of carbonyl (C=O) groups is 2. The van der Waals surface area contributed by atoms with Gasteiger partial charge in [-0.3, -0.25) is 9.59 Å². The van der Waals surface area contributed by atoms with Gasteiger partial charge in [-0.05, 0) is 24.8 Å². The summed E-state index contributed by atoms with van der Waals surface area (Å²) in [5.74, 6) is -2.59. The Hall–Kier alpha value is -1.89. The first-order chi connectivity index (χ1) is 10.9. The van der Waals surface area contributed by atoms with E-state index in [2.05, 4.69) is 0 Å². The summed E-state index contributed by atoms with van der Waals surface area (Å²) in [7, 11) is -3.46. The van der Waals surface area contributed by atoms with Crippen molar-refractivity contribution in [1.29, 1.82) is 0 Å². The lowest BCUT2D eigenvalue weighted by atomic mass is 10.1. The molecule has 1 aliphatic heterocycles. The van der Waals surface area contributed by atoms with Crippen molar-refractivity contribution in [1.82, 2.24) is 4.90 Å². The van der Waals surface area contributed by atoms with Crippen molar-refractivity contribution >= 4 is 21.7 Å². The minimum atomic E-state index is -3.46. The molecular weight excluding hydrogens is 318 g/mol. The Kier molecular flexibility index (Phi) is 5.76. The lowest BCUT2D eigenvalue weighted by Gasteiger charge is -2.15. The van der Waals surface area contributed by atoms with Crippen LogP contribution in [-0.2, 0) is 25.8 Å². The van der Waals surface area contributed by atoms with Crippen LogP contribution in [0.3, 0.4) is 0 Å². The molecule has 2 rings (SSSR count). The second kappa shape index (κ2) is 7.59. The Morgan fingerprint density at radius 1 is 1.22 bits per heavy atom. The van der Waals surface area contributed by atoms with Gasteiger partial charge in [-0.25, -0.2) is 8.42 Å². The minimum Gasteiger partial charge on any atom is -0.481 e. The second-order valence-corrected chi connectivity index (χ2v) is 8.03. The van der Waals surface area contributed by atoms with Gasteiger partial charge in [-0.15, -0.1) is 0 Å². The summed E-state index contributed by atoms with van der Waals surface area (Å²) < 4.78 is 24.1. The van der Waals surface area contributed by atoms with Crippen molar-refractivity contribution in [2.75, 3.05) is 24.6 Å². The van der Waals surface area contributed by atoms with Crippen molar-refractivity contribution < 1.29 is 23.1 Å². The molecular formula is C16H21NO5S. The van der Waals surface area contributed by atoms with Crippen LogP contribution in [-0.4, -0.2) is 54.9 Å². The average Bonchev–Trinajstić information content (AvgIpc) is 2.98. The van der Waals surface area contributed by atoms with E-state index < -0.39 is 33.4 Å². The third-order valence-corrected chi connectivity index (χ3v) is 5.59. The number of aliphatic carboxylic acids is 1. The zero-order valence-electron chi connectivity index (χ0n) is 12.8. The Balaban J connectivity index is 1.79. The van der Waals surface area contributed by atoms with Gasteiger partial charge < -0.3 is 10.0 Å². The van der Waals surface area contributed by atoms with Gasteiger partial charge in [0, 0.05) is 13.1 Å². The number of likely N-dealkylation sites (tertiary alicyclic amines) is 1. The minimum absolute atomic E-state index is 0.0379. The van der Waals surface area contributed by atoms with Crippen LogP contribution in [0.2, 0.25) is 0 Å². The zero-order valence-corrected chi connectivity index (χ0v) is 13.7. The molecule has 0 aromatic heterocycles. The summed E-state index contributed by atoms with van der Waals surface area (Å²) in [5.41, 5.74) is 1.07. The predicted octanol–water partition coefficient (Wildman–Crippen LogP) is 0.967. The van der Waals surface area contributed by atoms with Crippen LogP contribution in [0.15, 0.2) is 30.3 Å². The summed E-state index contributed by atoms with van der Waals surface area (Å²) >= 11 is 0. The summed E-state index contributed by atoms with van der Waals surface area (Å²) in [6, 6.07) is 9.58. The predicted molar refractivity (Wildman–Crippen MR) is 85.7 cm³/mol. The van der Waals surface area contributed by atoms with E-state index in [0.29, 0.717) is 25.8 Å². The number of carbonyl (C=O) groups excluding carboxylic acids is 1. The van der Waals surface area contributed by atoms with Gasteiger partial charge in [0.1, 0.15) is 5.75 Å². The van der Waals surface area contributed by atoms with Gasteiger partial charge in [0.15, 0.2) is 9.84 Å². The van der Waals surface area contributed by atoms with Crippen LogP contribution in [0.4, 0.5) is 0 Å². The van der Waals surface area contributed by atoms with Crippen molar-refractivity contribution in [3.8, 4) is 0 Å². The summed E-state index contributed by atoms with van der Waals surface area (Å²) in [4.78, 5) is 24.2. The van der Waals surface area contributed by atoms with Crippen molar-refractivity contribution in [3.05, 3.63) is 35.9 Å².